The molecule has 4 fully saturated rings. The first-order valence-electron chi connectivity index (χ1n) is 21.2. The maximum absolute atomic E-state index is 2.50. The topological polar surface area (TPSA) is 0 Å². The van der Waals surface area contributed by atoms with Gasteiger partial charge in [-0.25, -0.2) is 0 Å². The van der Waals surface area contributed by atoms with Crippen molar-refractivity contribution in [1.82, 2.24) is 0 Å². The Kier molecular flexibility index (Phi) is 8.26. The zero-order chi connectivity index (χ0) is 38.6. The van der Waals surface area contributed by atoms with E-state index < -0.39 is 0 Å². The Bertz CT molecular complexity index is 2240. The van der Waals surface area contributed by atoms with Crippen molar-refractivity contribution >= 4 is 0 Å². The lowest BCUT2D eigenvalue weighted by molar-refractivity contribution is -0.0691. The first-order chi connectivity index (χ1) is 28.5. The van der Waals surface area contributed by atoms with Gasteiger partial charge in [0.25, 0.3) is 0 Å². The van der Waals surface area contributed by atoms with Gasteiger partial charge in [-0.05, 0) is 127 Å². The van der Waals surface area contributed by atoms with Crippen LogP contribution in [0.15, 0.2) is 218 Å². The van der Waals surface area contributed by atoms with E-state index in [9.17, 15) is 0 Å². The third-order valence-corrected chi connectivity index (χ3v) is 14.5. The summed E-state index contributed by atoms with van der Waals surface area (Å²) in [4.78, 5) is 0. The van der Waals surface area contributed by atoms with Crippen LogP contribution in [-0.2, 0) is 21.7 Å². The second kappa shape index (κ2) is 13.7. The smallest absolute Gasteiger partial charge is 0.00215 e. The van der Waals surface area contributed by atoms with Crippen LogP contribution < -0.4 is 0 Å². The van der Waals surface area contributed by atoms with Crippen molar-refractivity contribution < 1.29 is 0 Å². The van der Waals surface area contributed by atoms with Crippen LogP contribution in [0, 0.1) is 0 Å². The van der Waals surface area contributed by atoms with E-state index in [0.29, 0.717) is 0 Å². The fourth-order valence-corrected chi connectivity index (χ4v) is 12.4. The molecule has 4 aliphatic rings. The van der Waals surface area contributed by atoms with Gasteiger partial charge in [-0.1, -0.05) is 218 Å². The largest absolute Gasteiger partial charge is 0.0622 e. The molecule has 0 radical (unpaired) electrons. The second-order valence-electron chi connectivity index (χ2n) is 18.0. The van der Waals surface area contributed by atoms with Crippen molar-refractivity contribution in [2.24, 2.45) is 0 Å². The lowest BCUT2D eigenvalue weighted by atomic mass is 9.32. The van der Waals surface area contributed by atoms with Crippen LogP contribution in [0.5, 0.6) is 0 Å². The molecule has 4 aliphatic carbocycles. The van der Waals surface area contributed by atoms with Crippen LogP contribution in [0.1, 0.15) is 60.8 Å². The molecule has 0 unspecified atom stereocenters. The third kappa shape index (κ3) is 5.89. The molecule has 8 aromatic carbocycles. The van der Waals surface area contributed by atoms with Gasteiger partial charge in [0.15, 0.2) is 0 Å². The number of benzene rings is 8. The quantitative estimate of drug-likeness (QED) is 0.145. The number of hydrogen-bond donors (Lipinski definition) is 0. The summed E-state index contributed by atoms with van der Waals surface area (Å²) >= 11 is 0. The van der Waals surface area contributed by atoms with Crippen molar-refractivity contribution in [2.45, 2.75) is 60.2 Å². The highest BCUT2D eigenvalue weighted by atomic mass is 14.7. The minimum Gasteiger partial charge on any atom is -0.0622 e. The normalized spacial score (nSPS) is 24.4. The van der Waals surface area contributed by atoms with Crippen LogP contribution in [0.2, 0.25) is 0 Å². The van der Waals surface area contributed by atoms with Crippen molar-refractivity contribution in [3.05, 3.63) is 241 Å². The molecular weight excluding hydrogens is 697 g/mol. The lowest BCUT2D eigenvalue weighted by Crippen LogP contribution is -2.67. The van der Waals surface area contributed by atoms with Crippen molar-refractivity contribution in [1.29, 1.82) is 0 Å². The highest BCUT2D eigenvalue weighted by Crippen LogP contribution is 2.75. The molecule has 0 nitrogen and oxygen atoms in total. The average molecular weight is 745 g/mol. The summed E-state index contributed by atoms with van der Waals surface area (Å²) in [5.41, 5.74) is 16.3. The van der Waals surface area contributed by atoms with Crippen LogP contribution in [0.25, 0.3) is 44.5 Å². The molecule has 0 N–H and O–H groups in total. The predicted molar refractivity (Wildman–Crippen MR) is 242 cm³/mol. The average Bonchev–Trinajstić information content (AvgIpc) is 3.30. The maximum atomic E-state index is 2.50. The fourth-order valence-electron chi connectivity index (χ4n) is 12.4. The van der Waals surface area contributed by atoms with E-state index in [2.05, 4.69) is 218 Å². The molecule has 4 saturated carbocycles. The Morgan fingerprint density at radius 3 is 0.500 bits per heavy atom. The molecule has 280 valence electrons. The molecule has 0 atom stereocenters. The summed E-state index contributed by atoms with van der Waals surface area (Å²) in [5.74, 6) is 0. The molecule has 8 aromatic rings. The Morgan fingerprint density at radius 2 is 0.328 bits per heavy atom. The molecule has 0 amide bonds. The van der Waals surface area contributed by atoms with Crippen molar-refractivity contribution in [3.8, 4) is 44.5 Å². The first kappa shape index (κ1) is 35.0. The molecule has 58 heavy (non-hydrogen) atoms. The van der Waals surface area contributed by atoms with E-state index in [4.69, 9.17) is 0 Å². The van der Waals surface area contributed by atoms with Gasteiger partial charge >= 0.3 is 0 Å². The van der Waals surface area contributed by atoms with Gasteiger partial charge in [-0.3, -0.25) is 0 Å². The molecule has 0 saturated heterocycles. The van der Waals surface area contributed by atoms with E-state index in [1.807, 2.05) is 0 Å². The van der Waals surface area contributed by atoms with Gasteiger partial charge in [-0.15, -0.1) is 0 Å². The molecule has 0 aliphatic heterocycles. The van der Waals surface area contributed by atoms with Crippen molar-refractivity contribution in [2.75, 3.05) is 0 Å². The zero-order valence-electron chi connectivity index (χ0n) is 33.0. The van der Waals surface area contributed by atoms with E-state index >= 15 is 0 Å². The fraction of sp³-hybridized carbons (Fsp3) is 0.172. The Morgan fingerprint density at radius 1 is 0.172 bits per heavy atom. The molecule has 4 bridgehead atoms. The molecular formula is C58H48. The second-order valence-corrected chi connectivity index (χ2v) is 18.0. The monoisotopic (exact) mass is 744 g/mol. The SMILES string of the molecule is c1ccc(-c2ccc(C34CC5(c6ccc(-c7ccccc7)cc6)CC(c6ccc(-c7ccccc7)cc6)(C3)CC(c3ccc(-c6ccccc6)cc3)(C4)C5)cc2)cc1. The van der Waals surface area contributed by atoms with Gasteiger partial charge in [0.1, 0.15) is 0 Å². The van der Waals surface area contributed by atoms with E-state index in [-0.39, 0.29) is 21.7 Å². The van der Waals surface area contributed by atoms with Crippen LogP contribution in [-0.4, -0.2) is 0 Å². The van der Waals surface area contributed by atoms with Gasteiger partial charge in [0.05, 0.1) is 0 Å². The zero-order valence-corrected chi connectivity index (χ0v) is 33.0. The van der Waals surface area contributed by atoms with Gasteiger partial charge in [0.2, 0.25) is 0 Å². The van der Waals surface area contributed by atoms with E-state index in [1.165, 1.54) is 105 Å². The molecule has 0 heterocycles. The minimum atomic E-state index is 0.0122. The van der Waals surface area contributed by atoms with E-state index in [0.717, 1.165) is 0 Å². The van der Waals surface area contributed by atoms with Crippen molar-refractivity contribution in [3.63, 3.8) is 0 Å². The Balaban J connectivity index is 1.09. The highest BCUT2D eigenvalue weighted by Gasteiger charge is 2.69. The first-order valence-corrected chi connectivity index (χ1v) is 21.2. The molecule has 0 aromatic heterocycles. The van der Waals surface area contributed by atoms with Crippen LogP contribution in [0.3, 0.4) is 0 Å². The molecule has 0 spiro atoms. The lowest BCUT2D eigenvalue weighted by Gasteiger charge is -2.71. The van der Waals surface area contributed by atoms with Gasteiger partial charge in [-0.2, -0.15) is 0 Å². The van der Waals surface area contributed by atoms with Crippen LogP contribution >= 0.6 is 0 Å². The third-order valence-electron chi connectivity index (χ3n) is 14.5. The Labute approximate surface area is 343 Å². The summed E-state index contributed by atoms with van der Waals surface area (Å²) in [6.07, 6.45) is 7.02. The summed E-state index contributed by atoms with van der Waals surface area (Å²) in [5, 5.41) is 0. The van der Waals surface area contributed by atoms with Crippen LogP contribution in [0.4, 0.5) is 0 Å². The summed E-state index contributed by atoms with van der Waals surface area (Å²) in [6, 6.07) is 82.6. The summed E-state index contributed by atoms with van der Waals surface area (Å²) in [7, 11) is 0. The van der Waals surface area contributed by atoms with Gasteiger partial charge in [0, 0.05) is 0 Å². The molecule has 0 heteroatoms. The number of hydrogen-bond acceptors (Lipinski definition) is 0. The number of rotatable bonds is 8. The van der Waals surface area contributed by atoms with E-state index in [1.54, 1.807) is 0 Å². The highest BCUT2D eigenvalue weighted by molar-refractivity contribution is 5.68. The summed E-state index contributed by atoms with van der Waals surface area (Å²) < 4.78 is 0. The summed E-state index contributed by atoms with van der Waals surface area (Å²) in [6.45, 7) is 0. The predicted octanol–water partition coefficient (Wildman–Crippen LogP) is 14.8. The Hall–Kier alpha value is -6.24. The minimum absolute atomic E-state index is 0.0122. The molecule has 12 rings (SSSR count). The van der Waals surface area contributed by atoms with Gasteiger partial charge < -0.3 is 0 Å². The standard InChI is InChI=1S/C58H48/c1-5-13-43(14-6-1)47-21-29-51(30-22-47)55-37-56(52-31-23-48(24-32-52)44-15-7-2-8-16-44)40-57(38-55,53-33-25-49(26-34-53)45-17-9-3-10-18-45)42-58(39-55,41-56)54-35-27-50(28-36-54)46-19-11-4-12-20-46/h1-36H,37-42H2. The maximum Gasteiger partial charge on any atom is -0.00215 e.